The van der Waals surface area contributed by atoms with E-state index in [1.165, 1.54) is 0 Å². The van der Waals surface area contributed by atoms with Gasteiger partial charge in [0.25, 0.3) is 5.91 Å². The van der Waals surface area contributed by atoms with Crippen molar-refractivity contribution in [3.05, 3.63) is 0 Å². The standard InChI is InChI=1S/C9H17NO2/c1-7(2)10(3)9(11)8-5-4-6-12-8/h7-8H,4-6H2,1-3H3. The second-order valence-electron chi connectivity index (χ2n) is 3.54. The van der Waals surface area contributed by atoms with Crippen molar-refractivity contribution in [1.82, 2.24) is 4.90 Å². The Balaban J connectivity index is 2.45. The number of nitrogens with zero attached hydrogens (tertiary/aromatic N) is 1. The molecule has 0 N–H and O–H groups in total. The van der Waals surface area contributed by atoms with Crippen LogP contribution in [0.4, 0.5) is 0 Å². The average molecular weight is 171 g/mol. The van der Waals surface area contributed by atoms with Gasteiger partial charge in [-0.05, 0) is 26.7 Å². The van der Waals surface area contributed by atoms with E-state index in [2.05, 4.69) is 0 Å². The van der Waals surface area contributed by atoms with Gasteiger partial charge in [0.05, 0.1) is 0 Å². The maximum atomic E-state index is 11.6. The lowest BCUT2D eigenvalue weighted by atomic mass is 10.2. The lowest BCUT2D eigenvalue weighted by molar-refractivity contribution is -0.141. The molecule has 12 heavy (non-hydrogen) atoms. The van der Waals surface area contributed by atoms with Crippen molar-refractivity contribution in [2.24, 2.45) is 0 Å². The van der Waals surface area contributed by atoms with Crippen LogP contribution in [0.15, 0.2) is 0 Å². The largest absolute Gasteiger partial charge is 0.368 e. The van der Waals surface area contributed by atoms with Gasteiger partial charge in [-0.1, -0.05) is 0 Å². The van der Waals surface area contributed by atoms with E-state index in [0.29, 0.717) is 0 Å². The summed E-state index contributed by atoms with van der Waals surface area (Å²) in [7, 11) is 1.83. The first-order chi connectivity index (χ1) is 5.63. The topological polar surface area (TPSA) is 29.5 Å². The Hall–Kier alpha value is -0.570. The molecule has 0 aliphatic carbocycles. The first-order valence-electron chi connectivity index (χ1n) is 4.51. The molecule has 0 bridgehead atoms. The fourth-order valence-electron chi connectivity index (χ4n) is 1.25. The van der Waals surface area contributed by atoms with Gasteiger partial charge >= 0.3 is 0 Å². The highest BCUT2D eigenvalue weighted by molar-refractivity contribution is 5.81. The van der Waals surface area contributed by atoms with Crippen LogP contribution in [0.5, 0.6) is 0 Å². The van der Waals surface area contributed by atoms with Crippen LogP contribution in [-0.4, -0.2) is 36.6 Å². The number of carbonyl (C=O) groups is 1. The number of carbonyl (C=O) groups excluding carboxylic acids is 1. The van der Waals surface area contributed by atoms with E-state index >= 15 is 0 Å². The van der Waals surface area contributed by atoms with Crippen LogP contribution < -0.4 is 0 Å². The molecule has 1 fully saturated rings. The van der Waals surface area contributed by atoms with Gasteiger partial charge in [0.15, 0.2) is 0 Å². The van der Waals surface area contributed by atoms with E-state index in [1.807, 2.05) is 20.9 Å². The van der Waals surface area contributed by atoms with Crippen LogP contribution in [0.25, 0.3) is 0 Å². The van der Waals surface area contributed by atoms with E-state index < -0.39 is 0 Å². The molecule has 0 aromatic rings. The molecule has 0 spiro atoms. The number of amides is 1. The second kappa shape index (κ2) is 3.90. The zero-order valence-electron chi connectivity index (χ0n) is 8.04. The molecule has 1 aliphatic rings. The Bertz CT molecular complexity index is 158. The summed E-state index contributed by atoms with van der Waals surface area (Å²) in [4.78, 5) is 13.3. The molecule has 0 radical (unpaired) electrons. The van der Waals surface area contributed by atoms with Crippen molar-refractivity contribution < 1.29 is 9.53 Å². The highest BCUT2D eigenvalue weighted by Gasteiger charge is 2.27. The van der Waals surface area contributed by atoms with E-state index in [4.69, 9.17) is 4.74 Å². The van der Waals surface area contributed by atoms with Crippen LogP contribution in [0.3, 0.4) is 0 Å². The Labute approximate surface area is 73.7 Å². The summed E-state index contributed by atoms with van der Waals surface area (Å²) < 4.78 is 5.29. The summed E-state index contributed by atoms with van der Waals surface area (Å²) in [6, 6.07) is 0.265. The summed E-state index contributed by atoms with van der Waals surface area (Å²) in [6.07, 6.45) is 1.73. The maximum absolute atomic E-state index is 11.6. The molecule has 70 valence electrons. The maximum Gasteiger partial charge on any atom is 0.251 e. The number of hydrogen-bond donors (Lipinski definition) is 0. The predicted octanol–water partition coefficient (Wildman–Crippen LogP) is 1.03. The predicted molar refractivity (Wildman–Crippen MR) is 46.9 cm³/mol. The van der Waals surface area contributed by atoms with Crippen LogP contribution in [0.2, 0.25) is 0 Å². The van der Waals surface area contributed by atoms with Gasteiger partial charge in [0, 0.05) is 19.7 Å². The van der Waals surface area contributed by atoms with Gasteiger partial charge in [-0.3, -0.25) is 4.79 Å². The minimum atomic E-state index is -0.169. The molecular formula is C9H17NO2. The number of hydrogen-bond acceptors (Lipinski definition) is 2. The van der Waals surface area contributed by atoms with Gasteiger partial charge in [-0.15, -0.1) is 0 Å². The highest BCUT2D eigenvalue weighted by atomic mass is 16.5. The third-order valence-corrected chi connectivity index (χ3v) is 2.33. The zero-order valence-corrected chi connectivity index (χ0v) is 8.04. The Morgan fingerprint density at radius 2 is 2.25 bits per heavy atom. The Kier molecular flexibility index (Phi) is 3.09. The Morgan fingerprint density at radius 3 is 2.67 bits per heavy atom. The molecule has 1 amide bonds. The fraction of sp³-hybridized carbons (Fsp3) is 0.889. The molecule has 1 unspecified atom stereocenters. The van der Waals surface area contributed by atoms with Crippen molar-refractivity contribution >= 4 is 5.91 Å². The quantitative estimate of drug-likeness (QED) is 0.621. The molecule has 1 saturated heterocycles. The minimum absolute atomic E-state index is 0.127. The van der Waals surface area contributed by atoms with Crippen LogP contribution >= 0.6 is 0 Å². The van der Waals surface area contributed by atoms with E-state index in [0.717, 1.165) is 19.4 Å². The van der Waals surface area contributed by atoms with Crippen LogP contribution in [-0.2, 0) is 9.53 Å². The summed E-state index contributed by atoms with van der Waals surface area (Å²) in [5.74, 6) is 0.127. The van der Waals surface area contributed by atoms with Crippen molar-refractivity contribution in [3.63, 3.8) is 0 Å². The van der Waals surface area contributed by atoms with E-state index in [1.54, 1.807) is 4.90 Å². The summed E-state index contributed by atoms with van der Waals surface area (Å²) in [6.45, 7) is 4.75. The lowest BCUT2D eigenvalue weighted by Gasteiger charge is -2.24. The van der Waals surface area contributed by atoms with Crippen molar-refractivity contribution in [1.29, 1.82) is 0 Å². The fourth-order valence-corrected chi connectivity index (χ4v) is 1.25. The average Bonchev–Trinajstić information content (AvgIpc) is 2.53. The molecule has 3 heteroatoms. The van der Waals surface area contributed by atoms with Crippen molar-refractivity contribution in [3.8, 4) is 0 Å². The molecule has 1 rings (SSSR count). The highest BCUT2D eigenvalue weighted by Crippen LogP contribution is 2.14. The van der Waals surface area contributed by atoms with Crippen molar-refractivity contribution in [2.75, 3.05) is 13.7 Å². The molecule has 1 aliphatic heterocycles. The summed E-state index contributed by atoms with van der Waals surface area (Å²) in [5, 5.41) is 0. The smallest absolute Gasteiger partial charge is 0.251 e. The number of ether oxygens (including phenoxy) is 1. The molecular weight excluding hydrogens is 154 g/mol. The number of likely N-dealkylation sites (N-methyl/N-ethyl adjacent to an activating group) is 1. The molecule has 1 heterocycles. The van der Waals surface area contributed by atoms with Gasteiger partial charge in [0.2, 0.25) is 0 Å². The van der Waals surface area contributed by atoms with Gasteiger partial charge in [-0.2, -0.15) is 0 Å². The molecule has 3 nitrogen and oxygen atoms in total. The first-order valence-corrected chi connectivity index (χ1v) is 4.51. The molecule has 1 atom stereocenters. The lowest BCUT2D eigenvalue weighted by Crippen LogP contribution is -2.40. The summed E-state index contributed by atoms with van der Waals surface area (Å²) in [5.41, 5.74) is 0. The molecule has 0 aromatic carbocycles. The Morgan fingerprint density at radius 1 is 1.58 bits per heavy atom. The monoisotopic (exact) mass is 171 g/mol. The zero-order chi connectivity index (χ0) is 9.14. The summed E-state index contributed by atoms with van der Waals surface area (Å²) >= 11 is 0. The molecule has 0 saturated carbocycles. The second-order valence-corrected chi connectivity index (χ2v) is 3.54. The van der Waals surface area contributed by atoms with Crippen LogP contribution in [0.1, 0.15) is 26.7 Å². The SMILES string of the molecule is CC(C)N(C)C(=O)C1CCCO1. The third-order valence-electron chi connectivity index (χ3n) is 2.33. The van der Waals surface area contributed by atoms with Crippen LogP contribution in [0, 0.1) is 0 Å². The molecule has 0 aromatic heterocycles. The van der Waals surface area contributed by atoms with Gasteiger partial charge in [-0.25, -0.2) is 0 Å². The normalized spacial score (nSPS) is 23.2. The third kappa shape index (κ3) is 1.97. The first kappa shape index (κ1) is 9.52. The van der Waals surface area contributed by atoms with Crippen molar-refractivity contribution in [2.45, 2.75) is 38.8 Å². The van der Waals surface area contributed by atoms with Gasteiger partial charge in [0.1, 0.15) is 6.10 Å². The number of rotatable bonds is 2. The van der Waals surface area contributed by atoms with Gasteiger partial charge < -0.3 is 9.64 Å². The minimum Gasteiger partial charge on any atom is -0.368 e. The van der Waals surface area contributed by atoms with E-state index in [9.17, 15) is 4.79 Å². The van der Waals surface area contributed by atoms with E-state index in [-0.39, 0.29) is 18.1 Å².